The maximum atomic E-state index is 12.8. The number of nitro benzene ring substituents is 1. The van der Waals surface area contributed by atoms with Crippen LogP contribution in [0, 0.1) is 17.0 Å². The number of aryl methyl sites for hydroxylation is 1. The molecule has 0 aliphatic heterocycles. The van der Waals surface area contributed by atoms with E-state index in [9.17, 15) is 18.5 Å². The minimum Gasteiger partial charge on any atom is -0.258 e. The van der Waals surface area contributed by atoms with Gasteiger partial charge in [0.2, 0.25) is 10.0 Å². The Balaban J connectivity index is 2.53. The molecule has 0 atom stereocenters. The molecule has 1 fully saturated rings. The maximum absolute atomic E-state index is 12.8. The summed E-state index contributed by atoms with van der Waals surface area (Å²) >= 11 is 5.81. The van der Waals surface area contributed by atoms with Crippen LogP contribution in [0.3, 0.4) is 0 Å². The largest absolute Gasteiger partial charge is 0.289 e. The van der Waals surface area contributed by atoms with Gasteiger partial charge in [-0.2, -0.15) is 4.31 Å². The summed E-state index contributed by atoms with van der Waals surface area (Å²) in [4.78, 5) is 10.3. The molecule has 0 N–H and O–H groups in total. The van der Waals surface area contributed by atoms with Gasteiger partial charge in [0.15, 0.2) is 0 Å². The van der Waals surface area contributed by atoms with Crippen LogP contribution in [0.5, 0.6) is 0 Å². The van der Waals surface area contributed by atoms with Crippen molar-refractivity contribution >= 4 is 27.3 Å². The minimum absolute atomic E-state index is 0.0177. The van der Waals surface area contributed by atoms with Crippen LogP contribution in [-0.2, 0) is 10.0 Å². The predicted molar refractivity (Wildman–Crippen MR) is 80.0 cm³/mol. The van der Waals surface area contributed by atoms with E-state index in [2.05, 4.69) is 0 Å². The molecule has 1 aliphatic carbocycles. The molecule has 0 saturated heterocycles. The molecule has 0 radical (unpaired) electrons. The lowest BCUT2D eigenvalue weighted by atomic mass is 10.2. The van der Waals surface area contributed by atoms with Gasteiger partial charge in [-0.25, -0.2) is 8.42 Å². The number of nitro groups is 1. The van der Waals surface area contributed by atoms with E-state index in [1.54, 1.807) is 6.92 Å². The maximum Gasteiger partial charge on any atom is 0.289 e. The van der Waals surface area contributed by atoms with E-state index in [-0.39, 0.29) is 21.6 Å². The van der Waals surface area contributed by atoms with Gasteiger partial charge in [-0.15, -0.1) is 0 Å². The first-order chi connectivity index (χ1) is 9.78. The Morgan fingerprint density at radius 1 is 1.43 bits per heavy atom. The van der Waals surface area contributed by atoms with Crippen molar-refractivity contribution in [2.75, 3.05) is 6.54 Å². The van der Waals surface area contributed by atoms with Crippen molar-refractivity contribution in [2.24, 2.45) is 0 Å². The van der Waals surface area contributed by atoms with Gasteiger partial charge < -0.3 is 0 Å². The molecule has 6 nitrogen and oxygen atoms in total. The Hall–Kier alpha value is -1.18. The molecule has 0 amide bonds. The smallest absolute Gasteiger partial charge is 0.258 e. The first-order valence-corrected chi connectivity index (χ1v) is 8.57. The summed E-state index contributed by atoms with van der Waals surface area (Å²) in [7, 11) is -3.73. The van der Waals surface area contributed by atoms with Crippen LogP contribution < -0.4 is 0 Å². The average Bonchev–Trinajstić information content (AvgIpc) is 3.18. The first-order valence-electron chi connectivity index (χ1n) is 6.75. The van der Waals surface area contributed by atoms with Crippen molar-refractivity contribution in [1.82, 2.24) is 4.31 Å². The molecule has 8 heteroatoms. The van der Waals surface area contributed by atoms with Crippen LogP contribution in [0.25, 0.3) is 0 Å². The summed E-state index contributed by atoms with van der Waals surface area (Å²) in [6.07, 6.45) is 2.38. The number of sulfonamides is 1. The van der Waals surface area contributed by atoms with Gasteiger partial charge in [0.05, 0.1) is 9.82 Å². The lowest BCUT2D eigenvalue weighted by Gasteiger charge is -2.22. The fourth-order valence-electron chi connectivity index (χ4n) is 2.27. The van der Waals surface area contributed by atoms with Gasteiger partial charge in [0.25, 0.3) is 5.69 Å². The van der Waals surface area contributed by atoms with E-state index in [4.69, 9.17) is 11.6 Å². The summed E-state index contributed by atoms with van der Waals surface area (Å²) in [5, 5.41) is 10.9. The van der Waals surface area contributed by atoms with Gasteiger partial charge in [0, 0.05) is 18.7 Å². The summed E-state index contributed by atoms with van der Waals surface area (Å²) < 4.78 is 27.0. The number of hydrogen-bond donors (Lipinski definition) is 0. The summed E-state index contributed by atoms with van der Waals surface area (Å²) in [6, 6.07) is 2.42. The van der Waals surface area contributed by atoms with Gasteiger partial charge in [-0.1, -0.05) is 18.5 Å². The predicted octanol–water partition coefficient (Wildman–Crippen LogP) is 3.12. The van der Waals surface area contributed by atoms with E-state index < -0.39 is 14.9 Å². The Morgan fingerprint density at radius 3 is 2.52 bits per heavy atom. The van der Waals surface area contributed by atoms with Crippen molar-refractivity contribution < 1.29 is 13.3 Å². The topological polar surface area (TPSA) is 80.5 Å². The Morgan fingerprint density at radius 2 is 2.05 bits per heavy atom. The van der Waals surface area contributed by atoms with Crippen molar-refractivity contribution in [2.45, 2.75) is 44.0 Å². The normalized spacial score (nSPS) is 15.4. The Kier molecular flexibility index (Phi) is 4.55. The van der Waals surface area contributed by atoms with Crippen LogP contribution in [0.2, 0.25) is 5.02 Å². The number of hydrogen-bond acceptors (Lipinski definition) is 4. The number of nitrogens with zero attached hydrogens (tertiary/aromatic N) is 2. The molecule has 1 saturated carbocycles. The standard InChI is InChI=1S/C13H17ClN2O4S/c1-3-6-15(10-4-5-10)21(19,20)13-8-12(16(17)18)11(14)7-9(13)2/h7-8,10H,3-6H2,1-2H3. The van der Waals surface area contributed by atoms with Crippen LogP contribution in [0.4, 0.5) is 5.69 Å². The van der Waals surface area contributed by atoms with Crippen LogP contribution in [-0.4, -0.2) is 30.2 Å². The molecule has 0 unspecified atom stereocenters. The molecule has 21 heavy (non-hydrogen) atoms. The van der Waals surface area contributed by atoms with Crippen molar-refractivity contribution in [1.29, 1.82) is 0 Å². The third-order valence-corrected chi connectivity index (χ3v) is 5.82. The van der Waals surface area contributed by atoms with E-state index in [0.717, 1.165) is 18.9 Å². The third kappa shape index (κ3) is 3.20. The number of halogens is 1. The summed E-state index contributed by atoms with van der Waals surface area (Å²) in [5.74, 6) is 0. The molecule has 0 heterocycles. The summed E-state index contributed by atoms with van der Waals surface area (Å²) in [6.45, 7) is 3.92. The second kappa shape index (κ2) is 5.90. The molecule has 1 aromatic carbocycles. The van der Waals surface area contributed by atoms with E-state index in [0.29, 0.717) is 18.5 Å². The zero-order valence-corrected chi connectivity index (χ0v) is 13.4. The van der Waals surface area contributed by atoms with Gasteiger partial charge in [-0.3, -0.25) is 10.1 Å². The molecule has 1 aromatic rings. The summed E-state index contributed by atoms with van der Waals surface area (Å²) in [5.41, 5.74) is 0.0421. The van der Waals surface area contributed by atoms with Crippen molar-refractivity contribution in [3.05, 3.63) is 32.8 Å². The van der Waals surface area contributed by atoms with E-state index in [1.165, 1.54) is 10.4 Å². The third-order valence-electron chi connectivity index (χ3n) is 3.43. The Bertz CT molecular complexity index is 671. The second-order valence-electron chi connectivity index (χ2n) is 5.17. The van der Waals surface area contributed by atoms with E-state index >= 15 is 0 Å². The highest BCUT2D eigenvalue weighted by Crippen LogP contribution is 2.36. The van der Waals surface area contributed by atoms with Crippen molar-refractivity contribution in [3.8, 4) is 0 Å². The fraction of sp³-hybridized carbons (Fsp3) is 0.538. The SMILES string of the molecule is CCCN(C1CC1)S(=O)(=O)c1cc([N+](=O)[O-])c(Cl)cc1C. The molecule has 0 bridgehead atoms. The minimum atomic E-state index is -3.73. The molecule has 2 rings (SSSR count). The monoisotopic (exact) mass is 332 g/mol. The van der Waals surface area contributed by atoms with Gasteiger partial charge >= 0.3 is 0 Å². The molecular weight excluding hydrogens is 316 g/mol. The lowest BCUT2D eigenvalue weighted by Crippen LogP contribution is -2.34. The second-order valence-corrected chi connectivity index (χ2v) is 7.44. The molecule has 0 spiro atoms. The highest BCUT2D eigenvalue weighted by Gasteiger charge is 2.38. The molecule has 1 aliphatic rings. The Labute approximate surface area is 128 Å². The quantitative estimate of drug-likeness (QED) is 0.592. The van der Waals surface area contributed by atoms with Crippen molar-refractivity contribution in [3.63, 3.8) is 0 Å². The average molecular weight is 333 g/mol. The number of rotatable bonds is 6. The lowest BCUT2D eigenvalue weighted by molar-refractivity contribution is -0.384. The molecule has 116 valence electrons. The fourth-order valence-corrected chi connectivity index (χ4v) is 4.56. The van der Waals surface area contributed by atoms with Gasteiger partial charge in [0.1, 0.15) is 5.02 Å². The highest BCUT2D eigenvalue weighted by atomic mass is 35.5. The van der Waals surface area contributed by atoms with E-state index in [1.807, 2.05) is 6.92 Å². The number of benzene rings is 1. The van der Waals surface area contributed by atoms with Crippen LogP contribution in [0.15, 0.2) is 17.0 Å². The molecular formula is C13H17ClN2O4S. The van der Waals surface area contributed by atoms with Crippen LogP contribution in [0.1, 0.15) is 31.7 Å². The highest BCUT2D eigenvalue weighted by molar-refractivity contribution is 7.89. The molecule has 0 aromatic heterocycles. The first kappa shape index (κ1) is 16.2. The van der Waals surface area contributed by atoms with Crippen LogP contribution >= 0.6 is 11.6 Å². The zero-order valence-electron chi connectivity index (χ0n) is 11.9. The van der Waals surface area contributed by atoms with Gasteiger partial charge in [-0.05, 0) is 37.8 Å². The zero-order chi connectivity index (χ0) is 15.8.